The first-order valence-electron chi connectivity index (χ1n) is 12.0. The van der Waals surface area contributed by atoms with Crippen LogP contribution in [0.2, 0.25) is 0 Å². The number of nitrogens with one attached hydrogen (secondary N) is 1. The number of nitrogens with zero attached hydrogens (tertiary/aromatic N) is 3. The lowest BCUT2D eigenvalue weighted by Crippen LogP contribution is -2.34. The third-order valence-electron chi connectivity index (χ3n) is 5.35. The Labute approximate surface area is 185 Å². The highest BCUT2D eigenvalue weighted by molar-refractivity contribution is 5.61. The van der Waals surface area contributed by atoms with Crippen LogP contribution in [0.25, 0.3) is 11.3 Å². The van der Waals surface area contributed by atoms with Crippen molar-refractivity contribution in [1.29, 1.82) is 0 Å². The van der Waals surface area contributed by atoms with Gasteiger partial charge in [-0.25, -0.2) is 0 Å². The predicted molar refractivity (Wildman–Crippen MR) is 132 cm³/mol. The molecule has 168 valence electrons. The van der Waals surface area contributed by atoms with Gasteiger partial charge in [0.15, 0.2) is 5.82 Å². The quantitative estimate of drug-likeness (QED) is 0.366. The Balaban J connectivity index is 0.00000218. The Bertz CT molecular complexity index is 670. The van der Waals surface area contributed by atoms with Gasteiger partial charge in [-0.05, 0) is 45.0 Å². The molecule has 0 aliphatic rings. The maximum atomic E-state index is 4.58. The summed E-state index contributed by atoms with van der Waals surface area (Å²) >= 11 is 0. The second-order valence-electron chi connectivity index (χ2n) is 7.92. The Kier molecular flexibility index (Phi) is 13.8. The maximum Gasteiger partial charge on any atom is 0.151 e. The van der Waals surface area contributed by atoms with Crippen molar-refractivity contribution in [1.82, 2.24) is 15.1 Å². The number of hydrogen-bond donors (Lipinski definition) is 1. The van der Waals surface area contributed by atoms with Crippen molar-refractivity contribution in [2.24, 2.45) is 0 Å². The van der Waals surface area contributed by atoms with Crippen LogP contribution in [-0.4, -0.2) is 41.8 Å². The van der Waals surface area contributed by atoms with Crippen molar-refractivity contribution in [3.8, 4) is 11.3 Å². The first kappa shape index (κ1) is 26.1. The molecule has 0 amide bonds. The third kappa shape index (κ3) is 9.25. The number of anilines is 1. The molecule has 30 heavy (non-hydrogen) atoms. The molecule has 4 nitrogen and oxygen atoms in total. The van der Waals surface area contributed by atoms with Gasteiger partial charge in [-0.3, -0.25) is 0 Å². The molecule has 1 aromatic carbocycles. The fraction of sp³-hybridized carbons (Fsp3) is 0.615. The van der Waals surface area contributed by atoms with Gasteiger partial charge in [-0.2, -0.15) is 0 Å². The number of benzene rings is 1. The molecule has 0 spiro atoms. The van der Waals surface area contributed by atoms with Crippen LogP contribution in [0, 0.1) is 0 Å². The summed E-state index contributed by atoms with van der Waals surface area (Å²) < 4.78 is 0. The van der Waals surface area contributed by atoms with Crippen molar-refractivity contribution in [2.45, 2.75) is 85.1 Å². The van der Waals surface area contributed by atoms with E-state index in [4.69, 9.17) is 0 Å². The molecule has 0 saturated heterocycles. The highest BCUT2D eigenvalue weighted by Gasteiger charge is 2.13. The van der Waals surface area contributed by atoms with E-state index < -0.39 is 0 Å². The molecule has 1 heterocycles. The SMILES string of the molecule is CC.CCCCCCCc1cc(-c2ccccc2)nnc1NCC(CCC)N(C)C. The zero-order valence-electron chi connectivity index (χ0n) is 20.2. The minimum absolute atomic E-state index is 0.512. The van der Waals surface area contributed by atoms with E-state index in [2.05, 4.69) is 78.7 Å². The van der Waals surface area contributed by atoms with E-state index in [0.717, 1.165) is 30.0 Å². The largest absolute Gasteiger partial charge is 0.367 e. The summed E-state index contributed by atoms with van der Waals surface area (Å²) in [6.07, 6.45) is 9.86. The highest BCUT2D eigenvalue weighted by atomic mass is 15.2. The van der Waals surface area contributed by atoms with Crippen LogP contribution in [-0.2, 0) is 6.42 Å². The van der Waals surface area contributed by atoms with Crippen molar-refractivity contribution in [3.63, 3.8) is 0 Å². The minimum atomic E-state index is 0.512. The van der Waals surface area contributed by atoms with Crippen molar-refractivity contribution in [3.05, 3.63) is 42.0 Å². The highest BCUT2D eigenvalue weighted by Crippen LogP contribution is 2.23. The van der Waals surface area contributed by atoms with E-state index in [1.807, 2.05) is 19.9 Å². The molecular weight excluding hydrogens is 368 g/mol. The summed E-state index contributed by atoms with van der Waals surface area (Å²) in [6.45, 7) is 9.41. The van der Waals surface area contributed by atoms with Crippen molar-refractivity contribution < 1.29 is 0 Å². The molecule has 1 N–H and O–H groups in total. The normalized spacial score (nSPS) is 11.7. The molecule has 0 aliphatic heterocycles. The average molecular weight is 413 g/mol. The molecule has 4 heteroatoms. The predicted octanol–water partition coefficient (Wildman–Crippen LogP) is 6.82. The lowest BCUT2D eigenvalue weighted by molar-refractivity contribution is 0.288. The fourth-order valence-corrected chi connectivity index (χ4v) is 3.53. The lowest BCUT2D eigenvalue weighted by Gasteiger charge is -2.25. The van der Waals surface area contributed by atoms with Crippen LogP contribution in [0.15, 0.2) is 36.4 Å². The van der Waals surface area contributed by atoms with Crippen LogP contribution >= 0.6 is 0 Å². The van der Waals surface area contributed by atoms with E-state index in [-0.39, 0.29) is 0 Å². The van der Waals surface area contributed by atoms with Gasteiger partial charge in [0.2, 0.25) is 0 Å². The van der Waals surface area contributed by atoms with E-state index >= 15 is 0 Å². The number of unbranched alkanes of at least 4 members (excludes halogenated alkanes) is 4. The van der Waals surface area contributed by atoms with Gasteiger partial charge < -0.3 is 10.2 Å². The van der Waals surface area contributed by atoms with Crippen molar-refractivity contribution in [2.75, 3.05) is 26.0 Å². The van der Waals surface area contributed by atoms with Crippen LogP contribution in [0.5, 0.6) is 0 Å². The molecule has 0 bridgehead atoms. The molecule has 1 atom stereocenters. The van der Waals surface area contributed by atoms with E-state index in [1.165, 1.54) is 50.5 Å². The average Bonchev–Trinajstić information content (AvgIpc) is 2.78. The van der Waals surface area contributed by atoms with Crippen LogP contribution in [0.1, 0.15) is 78.2 Å². The molecule has 1 aromatic heterocycles. The fourth-order valence-electron chi connectivity index (χ4n) is 3.53. The van der Waals surface area contributed by atoms with Gasteiger partial charge in [0.05, 0.1) is 5.69 Å². The zero-order valence-corrected chi connectivity index (χ0v) is 20.2. The van der Waals surface area contributed by atoms with Crippen LogP contribution in [0.4, 0.5) is 5.82 Å². The minimum Gasteiger partial charge on any atom is -0.367 e. The van der Waals surface area contributed by atoms with Gasteiger partial charge in [0.25, 0.3) is 0 Å². The lowest BCUT2D eigenvalue weighted by atomic mass is 10.0. The topological polar surface area (TPSA) is 41.1 Å². The van der Waals surface area contributed by atoms with Gasteiger partial charge >= 0.3 is 0 Å². The monoisotopic (exact) mass is 412 g/mol. The number of aryl methyl sites for hydroxylation is 1. The third-order valence-corrected chi connectivity index (χ3v) is 5.35. The zero-order chi connectivity index (χ0) is 22.2. The first-order chi connectivity index (χ1) is 14.7. The summed E-state index contributed by atoms with van der Waals surface area (Å²) in [5, 5.41) is 12.7. The molecule has 2 aromatic rings. The molecule has 2 rings (SSSR count). The maximum absolute atomic E-state index is 4.58. The Morgan fingerprint density at radius 1 is 0.900 bits per heavy atom. The molecular formula is C26H44N4. The van der Waals surface area contributed by atoms with E-state index in [0.29, 0.717) is 6.04 Å². The summed E-state index contributed by atoms with van der Waals surface area (Å²) in [7, 11) is 4.31. The Hall–Kier alpha value is -1.94. The Morgan fingerprint density at radius 3 is 2.23 bits per heavy atom. The van der Waals surface area contributed by atoms with E-state index in [1.54, 1.807) is 0 Å². The molecule has 1 unspecified atom stereocenters. The summed E-state index contributed by atoms with van der Waals surface area (Å²) in [5.74, 6) is 0.957. The van der Waals surface area contributed by atoms with Crippen molar-refractivity contribution >= 4 is 5.82 Å². The van der Waals surface area contributed by atoms with Crippen LogP contribution < -0.4 is 5.32 Å². The standard InChI is InChI=1S/C24H38N4.C2H6/c1-5-7-8-9-11-17-21-18-23(20-15-12-10-13-16-20)26-27-24(21)25-19-22(14-6-2)28(3)4;1-2/h10,12-13,15-16,18,22H,5-9,11,14,17,19H2,1-4H3,(H,25,27);1-2H3. The molecule has 0 radical (unpaired) electrons. The Morgan fingerprint density at radius 2 is 1.60 bits per heavy atom. The number of aromatic nitrogens is 2. The van der Waals surface area contributed by atoms with Crippen LogP contribution in [0.3, 0.4) is 0 Å². The summed E-state index contributed by atoms with van der Waals surface area (Å²) in [6, 6.07) is 13.1. The van der Waals surface area contributed by atoms with E-state index in [9.17, 15) is 0 Å². The summed E-state index contributed by atoms with van der Waals surface area (Å²) in [5.41, 5.74) is 3.39. The summed E-state index contributed by atoms with van der Waals surface area (Å²) in [4.78, 5) is 2.30. The number of rotatable bonds is 13. The molecule has 0 fully saturated rings. The van der Waals surface area contributed by atoms with Gasteiger partial charge in [-0.15, -0.1) is 10.2 Å². The van der Waals surface area contributed by atoms with Gasteiger partial charge in [0.1, 0.15) is 0 Å². The van der Waals surface area contributed by atoms with Gasteiger partial charge in [0, 0.05) is 18.2 Å². The second kappa shape index (κ2) is 15.8. The second-order valence-corrected chi connectivity index (χ2v) is 7.92. The number of hydrogen-bond acceptors (Lipinski definition) is 4. The van der Waals surface area contributed by atoms with Gasteiger partial charge in [-0.1, -0.05) is 90.1 Å². The smallest absolute Gasteiger partial charge is 0.151 e. The number of likely N-dealkylation sites (N-methyl/N-ethyl adjacent to an activating group) is 1. The molecule has 0 saturated carbocycles. The molecule has 0 aliphatic carbocycles. The first-order valence-corrected chi connectivity index (χ1v) is 12.0.